The fourth-order valence-electron chi connectivity index (χ4n) is 3.65. The third-order valence-electron chi connectivity index (χ3n) is 5.36. The molecule has 1 saturated heterocycles. The highest BCUT2D eigenvalue weighted by Crippen LogP contribution is 2.25. The van der Waals surface area contributed by atoms with Crippen molar-refractivity contribution < 1.29 is 29.3 Å². The van der Waals surface area contributed by atoms with Gasteiger partial charge in [-0.2, -0.15) is 0 Å². The number of carbonyl (C=O) groups excluding carboxylic acids is 1. The second-order valence-corrected chi connectivity index (χ2v) is 8.09. The van der Waals surface area contributed by atoms with E-state index in [-0.39, 0.29) is 5.78 Å². The largest absolute Gasteiger partial charge is 0.492 e. The molecule has 0 amide bonds. The molecule has 182 valence electrons. The minimum atomic E-state index is -1.26. The van der Waals surface area contributed by atoms with Crippen LogP contribution in [0.4, 0.5) is 0 Å². The maximum atomic E-state index is 12.5. The van der Waals surface area contributed by atoms with Gasteiger partial charge in [-0.3, -0.25) is 9.69 Å². The van der Waals surface area contributed by atoms with Crippen molar-refractivity contribution in [3.8, 4) is 5.75 Å². The lowest BCUT2D eigenvalue weighted by Gasteiger charge is -2.17. The number of aryl methyl sites for hydroxylation is 3. The van der Waals surface area contributed by atoms with Crippen LogP contribution in [0, 0.1) is 13.8 Å². The SMILES string of the molecule is Cc1cc(C(=O)C=Cc2cccn2C)cc(C)c1OCCN1CCCC1.O=C(O)C=CC(=O)O. The summed E-state index contributed by atoms with van der Waals surface area (Å²) in [5.74, 6) is -1.59. The Morgan fingerprint density at radius 3 is 2.09 bits per heavy atom. The average Bonchev–Trinajstić information content (AvgIpc) is 3.44. The van der Waals surface area contributed by atoms with Crippen molar-refractivity contribution in [3.05, 3.63) is 71.1 Å². The van der Waals surface area contributed by atoms with E-state index < -0.39 is 11.9 Å². The third kappa shape index (κ3) is 8.71. The van der Waals surface area contributed by atoms with Crippen molar-refractivity contribution in [2.75, 3.05) is 26.2 Å². The van der Waals surface area contributed by atoms with Crippen molar-refractivity contribution in [1.82, 2.24) is 9.47 Å². The van der Waals surface area contributed by atoms with Crippen molar-refractivity contribution in [2.45, 2.75) is 26.7 Å². The molecule has 0 atom stereocenters. The van der Waals surface area contributed by atoms with Crippen LogP contribution in [0.25, 0.3) is 6.08 Å². The smallest absolute Gasteiger partial charge is 0.328 e. The summed E-state index contributed by atoms with van der Waals surface area (Å²) in [6.07, 6.45) is 9.17. The topological polar surface area (TPSA) is 109 Å². The van der Waals surface area contributed by atoms with Crippen LogP contribution >= 0.6 is 0 Å². The second-order valence-electron chi connectivity index (χ2n) is 8.09. The number of likely N-dealkylation sites (tertiary alicyclic amines) is 1. The molecule has 3 rings (SSSR count). The summed E-state index contributed by atoms with van der Waals surface area (Å²) in [7, 11) is 1.97. The number of hydrogen-bond acceptors (Lipinski definition) is 5. The maximum Gasteiger partial charge on any atom is 0.328 e. The van der Waals surface area contributed by atoms with Gasteiger partial charge in [-0.1, -0.05) is 0 Å². The first-order chi connectivity index (χ1) is 16.2. The third-order valence-corrected chi connectivity index (χ3v) is 5.36. The van der Waals surface area contributed by atoms with Gasteiger partial charge in [0.25, 0.3) is 0 Å². The monoisotopic (exact) mass is 468 g/mol. The Hall–Kier alpha value is -3.65. The van der Waals surface area contributed by atoms with E-state index in [9.17, 15) is 14.4 Å². The molecule has 1 aromatic carbocycles. The first kappa shape index (κ1) is 26.6. The van der Waals surface area contributed by atoms with Gasteiger partial charge in [0.05, 0.1) is 0 Å². The molecule has 0 radical (unpaired) electrons. The zero-order valence-corrected chi connectivity index (χ0v) is 19.9. The summed E-state index contributed by atoms with van der Waals surface area (Å²) in [5, 5.41) is 15.6. The van der Waals surface area contributed by atoms with Gasteiger partial charge in [0.1, 0.15) is 12.4 Å². The number of ether oxygens (including phenoxy) is 1. The number of allylic oxidation sites excluding steroid dienone is 1. The van der Waals surface area contributed by atoms with E-state index >= 15 is 0 Å². The van der Waals surface area contributed by atoms with E-state index in [2.05, 4.69) is 4.90 Å². The van der Waals surface area contributed by atoms with Crippen LogP contribution in [0.15, 0.2) is 48.7 Å². The van der Waals surface area contributed by atoms with Crippen LogP contribution in [0.5, 0.6) is 5.75 Å². The predicted molar refractivity (Wildman–Crippen MR) is 130 cm³/mol. The van der Waals surface area contributed by atoms with E-state index in [1.54, 1.807) is 6.08 Å². The summed E-state index contributed by atoms with van der Waals surface area (Å²) in [5.41, 5.74) is 3.75. The average molecular weight is 469 g/mol. The van der Waals surface area contributed by atoms with Crippen molar-refractivity contribution in [2.24, 2.45) is 7.05 Å². The molecule has 8 heteroatoms. The molecule has 1 aliphatic heterocycles. The number of aliphatic carboxylic acids is 2. The lowest BCUT2D eigenvalue weighted by atomic mass is 10.0. The van der Waals surface area contributed by atoms with Gasteiger partial charge in [0.15, 0.2) is 5.78 Å². The van der Waals surface area contributed by atoms with Gasteiger partial charge in [0.2, 0.25) is 0 Å². The lowest BCUT2D eigenvalue weighted by molar-refractivity contribution is -0.134. The highest BCUT2D eigenvalue weighted by molar-refractivity contribution is 6.07. The quantitative estimate of drug-likeness (QED) is 0.426. The Bertz CT molecular complexity index is 1020. The van der Waals surface area contributed by atoms with Gasteiger partial charge in [0, 0.05) is 43.2 Å². The number of carbonyl (C=O) groups is 3. The predicted octanol–water partition coefficient (Wildman–Crippen LogP) is 3.72. The molecular weight excluding hydrogens is 436 g/mol. The van der Waals surface area contributed by atoms with Crippen LogP contribution < -0.4 is 4.74 Å². The lowest BCUT2D eigenvalue weighted by Crippen LogP contribution is -2.25. The molecular formula is C26H32N2O6. The first-order valence-corrected chi connectivity index (χ1v) is 11.1. The summed E-state index contributed by atoms with van der Waals surface area (Å²) in [6.45, 7) is 8.05. The minimum Gasteiger partial charge on any atom is -0.492 e. The van der Waals surface area contributed by atoms with E-state index in [0.717, 1.165) is 29.1 Å². The van der Waals surface area contributed by atoms with Crippen molar-refractivity contribution in [1.29, 1.82) is 0 Å². The number of hydrogen-bond donors (Lipinski definition) is 2. The molecule has 1 aromatic heterocycles. The second kappa shape index (κ2) is 13.2. The van der Waals surface area contributed by atoms with Crippen LogP contribution in [0.2, 0.25) is 0 Å². The van der Waals surface area contributed by atoms with E-state index in [4.69, 9.17) is 14.9 Å². The molecule has 2 N–H and O–H groups in total. The highest BCUT2D eigenvalue weighted by Gasteiger charge is 2.13. The molecule has 0 saturated carbocycles. The Kier molecular flexibility index (Phi) is 10.3. The van der Waals surface area contributed by atoms with Crippen LogP contribution in [-0.2, 0) is 16.6 Å². The highest BCUT2D eigenvalue weighted by atomic mass is 16.5. The molecule has 0 unspecified atom stereocenters. The molecule has 1 aliphatic rings. The summed E-state index contributed by atoms with van der Waals surface area (Å²) >= 11 is 0. The zero-order valence-electron chi connectivity index (χ0n) is 19.9. The molecule has 0 aliphatic carbocycles. The van der Waals surface area contributed by atoms with Gasteiger partial charge >= 0.3 is 11.9 Å². The molecule has 2 heterocycles. The fourth-order valence-corrected chi connectivity index (χ4v) is 3.65. The van der Waals surface area contributed by atoms with Gasteiger partial charge in [-0.15, -0.1) is 0 Å². The van der Waals surface area contributed by atoms with E-state index in [1.807, 2.05) is 62.0 Å². The number of carboxylic acids is 2. The normalized spacial score (nSPS) is 13.7. The van der Waals surface area contributed by atoms with Gasteiger partial charge in [-0.25, -0.2) is 9.59 Å². The molecule has 0 bridgehead atoms. The van der Waals surface area contributed by atoms with Crippen LogP contribution in [0.1, 0.15) is 40.0 Å². The Morgan fingerprint density at radius 1 is 1.00 bits per heavy atom. The van der Waals surface area contributed by atoms with E-state index in [1.165, 1.54) is 25.9 Å². The molecule has 1 fully saturated rings. The standard InChI is InChI=1S/C22H28N2O2.C4H4O4/c1-17-15-19(21(25)9-8-20-7-6-10-23(20)3)16-18(2)22(17)26-14-13-24-11-4-5-12-24;5-3(6)1-2-4(7)8/h6-10,15-16H,4-5,11-14H2,1-3H3;1-2H,(H,5,6)(H,7,8). The van der Waals surface area contributed by atoms with Crippen LogP contribution in [-0.4, -0.2) is 63.6 Å². The molecule has 0 spiro atoms. The van der Waals surface area contributed by atoms with Crippen molar-refractivity contribution >= 4 is 23.8 Å². The van der Waals surface area contributed by atoms with Crippen LogP contribution in [0.3, 0.4) is 0 Å². The van der Waals surface area contributed by atoms with Gasteiger partial charge in [-0.05, 0) is 87.3 Å². The van der Waals surface area contributed by atoms with E-state index in [0.29, 0.717) is 24.3 Å². The number of nitrogens with zero attached hydrogens (tertiary/aromatic N) is 2. The fraction of sp³-hybridized carbons (Fsp3) is 0.346. The number of ketones is 1. The number of carboxylic acid groups (broad SMARTS) is 2. The van der Waals surface area contributed by atoms with Gasteiger partial charge < -0.3 is 19.5 Å². The molecule has 2 aromatic rings. The Labute approximate surface area is 199 Å². The maximum absolute atomic E-state index is 12.5. The summed E-state index contributed by atoms with van der Waals surface area (Å²) < 4.78 is 8.01. The zero-order chi connectivity index (χ0) is 25.1. The number of aromatic nitrogens is 1. The summed E-state index contributed by atoms with van der Waals surface area (Å²) in [6, 6.07) is 7.80. The first-order valence-electron chi connectivity index (χ1n) is 11.1. The number of rotatable bonds is 9. The molecule has 8 nitrogen and oxygen atoms in total. The summed E-state index contributed by atoms with van der Waals surface area (Å²) in [4.78, 5) is 34.1. The number of benzene rings is 1. The Balaban J connectivity index is 0.000000440. The van der Waals surface area contributed by atoms with Crippen molar-refractivity contribution in [3.63, 3.8) is 0 Å². The Morgan fingerprint density at radius 2 is 1.59 bits per heavy atom. The minimum absolute atomic E-state index is 0.0148. The molecule has 34 heavy (non-hydrogen) atoms.